The highest BCUT2D eigenvalue weighted by Gasteiger charge is 2.38. The lowest BCUT2D eigenvalue weighted by Crippen LogP contribution is -2.32. The van der Waals surface area contributed by atoms with Crippen molar-refractivity contribution in [3.8, 4) is 0 Å². The van der Waals surface area contributed by atoms with Crippen LogP contribution in [0, 0.1) is 10.1 Å². The molecule has 2 aliphatic rings. The number of hydrogen-bond acceptors (Lipinski definition) is 7. The Morgan fingerprint density at radius 3 is 2.87 bits per heavy atom. The molecule has 0 amide bonds. The van der Waals surface area contributed by atoms with Crippen LogP contribution in [0.2, 0.25) is 0 Å². The van der Waals surface area contributed by atoms with Crippen molar-refractivity contribution in [3.63, 3.8) is 0 Å². The SMILES string of the molecule is CC[C@H](C)Sc1nc2c(c(=O)[nH]1)[C@H](c1cccc([N+](=O)[O-])c1)C1=C(CCCC1=O)N2. The maximum atomic E-state index is 13.1. The van der Waals surface area contributed by atoms with Crippen molar-refractivity contribution < 1.29 is 9.72 Å². The van der Waals surface area contributed by atoms with Gasteiger partial charge in [-0.15, -0.1) is 0 Å². The number of non-ortho nitro benzene ring substituents is 1. The van der Waals surface area contributed by atoms with Gasteiger partial charge in [-0.1, -0.05) is 37.7 Å². The van der Waals surface area contributed by atoms with E-state index in [1.54, 1.807) is 12.1 Å². The van der Waals surface area contributed by atoms with Gasteiger partial charge in [0, 0.05) is 41.0 Å². The average molecular weight is 426 g/mol. The average Bonchev–Trinajstić information content (AvgIpc) is 2.72. The summed E-state index contributed by atoms with van der Waals surface area (Å²) in [5, 5.41) is 15.3. The molecule has 2 heterocycles. The zero-order valence-corrected chi connectivity index (χ0v) is 17.5. The van der Waals surface area contributed by atoms with Crippen LogP contribution < -0.4 is 10.9 Å². The van der Waals surface area contributed by atoms with Crippen molar-refractivity contribution in [3.05, 3.63) is 67.1 Å². The number of aromatic nitrogens is 2. The summed E-state index contributed by atoms with van der Waals surface area (Å²) in [7, 11) is 0. The monoisotopic (exact) mass is 426 g/mol. The fraction of sp³-hybridized carbons (Fsp3) is 0.381. The van der Waals surface area contributed by atoms with Gasteiger partial charge in [0.2, 0.25) is 0 Å². The normalized spacial score (nSPS) is 19.0. The molecule has 156 valence electrons. The Morgan fingerprint density at radius 1 is 1.33 bits per heavy atom. The molecule has 2 atom stereocenters. The minimum absolute atomic E-state index is 0.0386. The lowest BCUT2D eigenvalue weighted by atomic mass is 9.76. The van der Waals surface area contributed by atoms with Gasteiger partial charge in [0.1, 0.15) is 5.82 Å². The molecule has 0 unspecified atom stereocenters. The highest BCUT2D eigenvalue weighted by atomic mass is 32.2. The van der Waals surface area contributed by atoms with E-state index in [9.17, 15) is 19.7 Å². The molecule has 0 saturated heterocycles. The number of carbonyl (C=O) groups excluding carboxylic acids is 1. The van der Waals surface area contributed by atoms with Gasteiger partial charge in [0.25, 0.3) is 11.2 Å². The first kappa shape index (κ1) is 20.3. The van der Waals surface area contributed by atoms with Crippen LogP contribution in [-0.4, -0.2) is 25.9 Å². The largest absolute Gasteiger partial charge is 0.343 e. The van der Waals surface area contributed by atoms with E-state index in [1.165, 1.54) is 23.9 Å². The van der Waals surface area contributed by atoms with Gasteiger partial charge in [-0.3, -0.25) is 19.7 Å². The number of allylic oxidation sites excluding steroid dienone is 2. The number of nitrogens with one attached hydrogen (secondary N) is 2. The Morgan fingerprint density at radius 2 is 2.13 bits per heavy atom. The van der Waals surface area contributed by atoms with Crippen LogP contribution in [0.25, 0.3) is 0 Å². The molecule has 1 aromatic heterocycles. The molecule has 1 aromatic carbocycles. The molecule has 0 radical (unpaired) electrons. The second-order valence-electron chi connectivity index (χ2n) is 7.55. The third kappa shape index (κ3) is 3.65. The lowest BCUT2D eigenvalue weighted by Gasteiger charge is -2.32. The van der Waals surface area contributed by atoms with Crippen molar-refractivity contribution in [2.75, 3.05) is 5.32 Å². The van der Waals surface area contributed by atoms with Crippen LogP contribution in [0.4, 0.5) is 11.5 Å². The van der Waals surface area contributed by atoms with E-state index >= 15 is 0 Å². The standard InChI is InChI=1S/C21H22N4O4S/c1-3-11(2)30-21-23-19-18(20(27)24-21)16(12-6-4-7-13(10-12)25(28)29)17-14(22-19)8-5-9-15(17)26/h4,6-7,10-11,16H,3,5,8-9H2,1-2H3,(H2,22,23,24,27)/t11-,16+/m0/s1. The molecule has 0 spiro atoms. The fourth-order valence-electron chi connectivity index (χ4n) is 3.92. The van der Waals surface area contributed by atoms with E-state index in [-0.39, 0.29) is 22.3 Å². The zero-order valence-electron chi connectivity index (χ0n) is 16.7. The number of nitrogens with zero attached hydrogens (tertiary/aromatic N) is 2. The Balaban J connectivity index is 1.90. The van der Waals surface area contributed by atoms with Crippen LogP contribution in [0.5, 0.6) is 0 Å². The highest BCUT2D eigenvalue weighted by Crippen LogP contribution is 2.44. The first-order valence-corrected chi connectivity index (χ1v) is 10.9. The fourth-order valence-corrected chi connectivity index (χ4v) is 4.76. The van der Waals surface area contributed by atoms with Crippen LogP contribution in [0.15, 0.2) is 45.5 Å². The number of rotatable bonds is 5. The second-order valence-corrected chi connectivity index (χ2v) is 8.98. The summed E-state index contributed by atoms with van der Waals surface area (Å²) in [4.78, 5) is 44.2. The van der Waals surface area contributed by atoms with Gasteiger partial charge in [-0.25, -0.2) is 4.98 Å². The summed E-state index contributed by atoms with van der Waals surface area (Å²) in [5.74, 6) is -0.291. The molecular formula is C21H22N4O4S. The van der Waals surface area contributed by atoms with Gasteiger partial charge in [-0.05, 0) is 24.8 Å². The van der Waals surface area contributed by atoms with Crippen LogP contribution in [0.1, 0.15) is 56.6 Å². The number of carbonyl (C=O) groups is 1. The van der Waals surface area contributed by atoms with E-state index in [2.05, 4.69) is 29.1 Å². The van der Waals surface area contributed by atoms with Crippen molar-refractivity contribution in [1.82, 2.24) is 9.97 Å². The van der Waals surface area contributed by atoms with Gasteiger partial charge in [-0.2, -0.15) is 0 Å². The predicted molar refractivity (Wildman–Crippen MR) is 115 cm³/mol. The van der Waals surface area contributed by atoms with Crippen LogP contribution in [0.3, 0.4) is 0 Å². The molecular weight excluding hydrogens is 404 g/mol. The highest BCUT2D eigenvalue weighted by molar-refractivity contribution is 7.99. The van der Waals surface area contributed by atoms with Crippen molar-refractivity contribution in [2.24, 2.45) is 0 Å². The molecule has 0 fully saturated rings. The van der Waals surface area contributed by atoms with Crippen molar-refractivity contribution in [2.45, 2.75) is 55.9 Å². The predicted octanol–water partition coefficient (Wildman–Crippen LogP) is 4.13. The third-order valence-electron chi connectivity index (χ3n) is 5.54. The molecule has 30 heavy (non-hydrogen) atoms. The molecule has 2 N–H and O–H groups in total. The van der Waals surface area contributed by atoms with Crippen molar-refractivity contribution in [1.29, 1.82) is 0 Å². The Hall–Kier alpha value is -2.94. The summed E-state index contributed by atoms with van der Waals surface area (Å²) >= 11 is 1.48. The number of fused-ring (bicyclic) bond motifs is 1. The summed E-state index contributed by atoms with van der Waals surface area (Å²) in [6.07, 6.45) is 2.72. The summed E-state index contributed by atoms with van der Waals surface area (Å²) < 4.78 is 0. The number of anilines is 1. The topological polar surface area (TPSA) is 118 Å². The number of nitro groups is 1. The minimum atomic E-state index is -0.678. The quantitative estimate of drug-likeness (QED) is 0.319. The molecule has 1 aliphatic carbocycles. The number of benzene rings is 1. The summed E-state index contributed by atoms with van der Waals surface area (Å²) in [6, 6.07) is 6.14. The Kier molecular flexibility index (Phi) is 5.46. The molecule has 0 bridgehead atoms. The molecule has 1 aliphatic heterocycles. The number of hydrogen-bond donors (Lipinski definition) is 2. The maximum absolute atomic E-state index is 13.1. The van der Waals surface area contributed by atoms with Crippen LogP contribution >= 0.6 is 11.8 Å². The van der Waals surface area contributed by atoms with E-state index < -0.39 is 10.8 Å². The lowest BCUT2D eigenvalue weighted by molar-refractivity contribution is -0.384. The summed E-state index contributed by atoms with van der Waals surface area (Å²) in [6.45, 7) is 4.12. The molecule has 9 heteroatoms. The number of nitro benzene ring substituents is 1. The number of aromatic amines is 1. The van der Waals surface area contributed by atoms with E-state index in [1.807, 2.05) is 0 Å². The Bertz CT molecular complexity index is 1120. The summed E-state index contributed by atoms with van der Waals surface area (Å²) in [5.41, 5.74) is 1.74. The number of Topliss-reactive ketones (excluding diaryl/α,β-unsaturated/α-hetero) is 1. The number of H-pyrrole nitrogens is 1. The van der Waals surface area contributed by atoms with Crippen LogP contribution in [-0.2, 0) is 4.79 Å². The third-order valence-corrected chi connectivity index (χ3v) is 6.69. The Labute approximate surface area is 177 Å². The molecule has 8 nitrogen and oxygen atoms in total. The van der Waals surface area contributed by atoms with E-state index in [0.29, 0.717) is 40.5 Å². The van der Waals surface area contributed by atoms with E-state index in [0.717, 1.165) is 18.5 Å². The van der Waals surface area contributed by atoms with Gasteiger partial charge < -0.3 is 10.3 Å². The molecule has 4 rings (SSSR count). The zero-order chi connectivity index (χ0) is 21.4. The molecule has 2 aromatic rings. The first-order chi connectivity index (χ1) is 14.4. The minimum Gasteiger partial charge on any atom is -0.343 e. The van der Waals surface area contributed by atoms with Gasteiger partial charge in [0.15, 0.2) is 10.9 Å². The van der Waals surface area contributed by atoms with Gasteiger partial charge >= 0.3 is 0 Å². The maximum Gasteiger partial charge on any atom is 0.269 e. The smallest absolute Gasteiger partial charge is 0.269 e. The van der Waals surface area contributed by atoms with Gasteiger partial charge in [0.05, 0.1) is 10.5 Å². The number of ketones is 1. The van der Waals surface area contributed by atoms with E-state index in [4.69, 9.17) is 0 Å². The first-order valence-electron chi connectivity index (χ1n) is 9.97. The number of thioether (sulfide) groups is 1. The molecule has 0 saturated carbocycles. The van der Waals surface area contributed by atoms with Crippen molar-refractivity contribution >= 4 is 29.1 Å². The second kappa shape index (κ2) is 8.06.